The summed E-state index contributed by atoms with van der Waals surface area (Å²) >= 11 is 1.93. The van der Waals surface area contributed by atoms with Gasteiger partial charge >= 0.3 is 0 Å². The second kappa shape index (κ2) is 6.62. The minimum Gasteiger partial charge on any atom is -0.313 e. The van der Waals surface area contributed by atoms with Gasteiger partial charge in [0.15, 0.2) is 0 Å². The Bertz CT molecular complexity index is 366. The Morgan fingerprint density at radius 1 is 1.44 bits per heavy atom. The van der Waals surface area contributed by atoms with Crippen LogP contribution in [-0.2, 0) is 19.0 Å². The number of hydrogen-bond acceptors (Lipinski definition) is 3. The van der Waals surface area contributed by atoms with Crippen LogP contribution in [0, 0.1) is 0 Å². The Kier molecular flexibility index (Phi) is 5.73. The van der Waals surface area contributed by atoms with Crippen LogP contribution in [0.1, 0.15) is 45.4 Å². The molecule has 1 aromatic heterocycles. The summed E-state index contributed by atoms with van der Waals surface area (Å²) in [4.78, 5) is 0. The highest BCUT2D eigenvalue weighted by atomic mass is 32.2. The number of thioether (sulfide) groups is 1. The predicted octanol–water partition coefficient (Wildman–Crippen LogP) is 2.95. The smallest absolute Gasteiger partial charge is 0.0722 e. The van der Waals surface area contributed by atoms with Crippen LogP contribution in [0.15, 0.2) is 6.20 Å². The second-order valence-corrected chi connectivity index (χ2v) is 7.21. The van der Waals surface area contributed by atoms with Crippen molar-refractivity contribution in [2.75, 3.05) is 12.8 Å². The van der Waals surface area contributed by atoms with Crippen LogP contribution in [0.2, 0.25) is 0 Å². The van der Waals surface area contributed by atoms with Gasteiger partial charge in [0.2, 0.25) is 0 Å². The number of aromatic nitrogens is 2. The average Bonchev–Trinajstić information content (AvgIpc) is 2.65. The molecule has 0 spiro atoms. The largest absolute Gasteiger partial charge is 0.313 e. The van der Waals surface area contributed by atoms with Crippen LogP contribution in [0.3, 0.4) is 0 Å². The molecule has 1 rings (SSSR count). The molecule has 0 amide bonds. The zero-order valence-corrected chi connectivity index (χ0v) is 13.4. The van der Waals surface area contributed by atoms with Crippen LogP contribution in [-0.4, -0.2) is 27.8 Å². The van der Waals surface area contributed by atoms with E-state index in [4.69, 9.17) is 0 Å². The first-order valence-corrected chi connectivity index (χ1v) is 7.90. The normalized spacial score (nSPS) is 13.9. The van der Waals surface area contributed by atoms with Crippen LogP contribution < -0.4 is 5.32 Å². The summed E-state index contributed by atoms with van der Waals surface area (Å²) in [7, 11) is 1.99. The van der Waals surface area contributed by atoms with E-state index in [-0.39, 0.29) is 5.41 Å². The first kappa shape index (κ1) is 15.6. The van der Waals surface area contributed by atoms with Crippen LogP contribution >= 0.6 is 11.8 Å². The zero-order valence-electron chi connectivity index (χ0n) is 12.6. The molecule has 0 bridgehead atoms. The molecule has 1 unspecified atom stereocenters. The Morgan fingerprint density at radius 3 is 2.67 bits per heavy atom. The first-order chi connectivity index (χ1) is 8.34. The second-order valence-electron chi connectivity index (χ2n) is 5.94. The standard InChI is InChI=1S/C14H27N3S/c1-11(18-6)7-8-15-9-12-10-17(5)16-13(12)14(2,3)4/h10-11,15H,7-9H2,1-6H3. The quantitative estimate of drug-likeness (QED) is 0.805. The van der Waals surface area contributed by atoms with Crippen molar-refractivity contribution in [3.63, 3.8) is 0 Å². The van der Waals surface area contributed by atoms with E-state index in [2.05, 4.69) is 50.6 Å². The minimum atomic E-state index is 0.116. The number of nitrogens with zero attached hydrogens (tertiary/aromatic N) is 2. The van der Waals surface area contributed by atoms with Crippen molar-refractivity contribution in [1.82, 2.24) is 15.1 Å². The lowest BCUT2D eigenvalue weighted by atomic mass is 9.89. The summed E-state index contributed by atoms with van der Waals surface area (Å²) < 4.78 is 1.92. The van der Waals surface area contributed by atoms with Crippen LogP contribution in [0.5, 0.6) is 0 Å². The summed E-state index contributed by atoms with van der Waals surface area (Å²) in [5.74, 6) is 0. The van der Waals surface area contributed by atoms with Gasteiger partial charge in [0, 0.05) is 36.0 Å². The summed E-state index contributed by atoms with van der Waals surface area (Å²) in [6.07, 6.45) is 5.52. The maximum atomic E-state index is 4.58. The lowest BCUT2D eigenvalue weighted by molar-refractivity contribution is 0.542. The lowest BCUT2D eigenvalue weighted by Crippen LogP contribution is -2.21. The Morgan fingerprint density at radius 2 is 2.11 bits per heavy atom. The van der Waals surface area contributed by atoms with Gasteiger partial charge in [-0.05, 0) is 19.2 Å². The number of nitrogens with one attached hydrogen (secondary N) is 1. The molecule has 1 atom stereocenters. The van der Waals surface area contributed by atoms with Gasteiger partial charge in [-0.3, -0.25) is 4.68 Å². The molecule has 0 aliphatic carbocycles. The van der Waals surface area contributed by atoms with E-state index in [1.165, 1.54) is 17.7 Å². The van der Waals surface area contributed by atoms with Gasteiger partial charge in [-0.15, -0.1) is 0 Å². The van der Waals surface area contributed by atoms with Crippen molar-refractivity contribution in [2.45, 2.75) is 51.3 Å². The van der Waals surface area contributed by atoms with Crippen molar-refractivity contribution in [3.05, 3.63) is 17.5 Å². The fourth-order valence-corrected chi connectivity index (χ4v) is 2.30. The summed E-state index contributed by atoms with van der Waals surface area (Å²) in [6.45, 7) is 10.9. The van der Waals surface area contributed by atoms with E-state index in [1.54, 1.807) is 0 Å². The lowest BCUT2D eigenvalue weighted by Gasteiger charge is -2.17. The van der Waals surface area contributed by atoms with Crippen molar-refractivity contribution < 1.29 is 0 Å². The van der Waals surface area contributed by atoms with Crippen molar-refractivity contribution in [1.29, 1.82) is 0 Å². The molecule has 0 saturated heterocycles. The summed E-state index contributed by atoms with van der Waals surface area (Å²) in [5, 5.41) is 8.84. The van der Waals surface area contributed by atoms with Gasteiger partial charge in [-0.25, -0.2) is 0 Å². The van der Waals surface area contributed by atoms with Gasteiger partial charge in [-0.2, -0.15) is 16.9 Å². The molecule has 1 aromatic rings. The van der Waals surface area contributed by atoms with Crippen molar-refractivity contribution in [3.8, 4) is 0 Å². The van der Waals surface area contributed by atoms with E-state index in [1.807, 2.05) is 23.5 Å². The molecule has 18 heavy (non-hydrogen) atoms. The maximum absolute atomic E-state index is 4.58. The highest BCUT2D eigenvalue weighted by Crippen LogP contribution is 2.23. The number of aryl methyl sites for hydroxylation is 1. The van der Waals surface area contributed by atoms with Crippen molar-refractivity contribution in [2.24, 2.45) is 7.05 Å². The number of rotatable bonds is 6. The van der Waals surface area contributed by atoms with E-state index in [0.717, 1.165) is 18.3 Å². The van der Waals surface area contributed by atoms with Crippen LogP contribution in [0.4, 0.5) is 0 Å². The van der Waals surface area contributed by atoms with E-state index >= 15 is 0 Å². The molecule has 0 aromatic carbocycles. The average molecular weight is 269 g/mol. The van der Waals surface area contributed by atoms with Gasteiger partial charge in [-0.1, -0.05) is 27.7 Å². The Balaban J connectivity index is 2.52. The highest BCUT2D eigenvalue weighted by molar-refractivity contribution is 7.99. The molecule has 1 heterocycles. The molecule has 0 saturated carbocycles. The highest BCUT2D eigenvalue weighted by Gasteiger charge is 2.21. The molecule has 0 radical (unpaired) electrons. The SMILES string of the molecule is CSC(C)CCNCc1cn(C)nc1C(C)(C)C. The van der Waals surface area contributed by atoms with E-state index in [9.17, 15) is 0 Å². The molecule has 3 nitrogen and oxygen atoms in total. The summed E-state index contributed by atoms with van der Waals surface area (Å²) in [6, 6.07) is 0. The molecule has 1 N–H and O–H groups in total. The van der Waals surface area contributed by atoms with Crippen LogP contribution in [0.25, 0.3) is 0 Å². The van der Waals surface area contributed by atoms with E-state index in [0.29, 0.717) is 0 Å². The fraction of sp³-hybridized carbons (Fsp3) is 0.786. The maximum Gasteiger partial charge on any atom is 0.0722 e. The Labute approximate surface area is 116 Å². The zero-order chi connectivity index (χ0) is 13.8. The molecule has 4 heteroatoms. The monoisotopic (exact) mass is 269 g/mol. The minimum absolute atomic E-state index is 0.116. The van der Waals surface area contributed by atoms with Gasteiger partial charge in [0.05, 0.1) is 5.69 Å². The molecular weight excluding hydrogens is 242 g/mol. The molecule has 104 valence electrons. The molecule has 0 aliphatic rings. The summed E-state index contributed by atoms with van der Waals surface area (Å²) in [5.41, 5.74) is 2.64. The van der Waals surface area contributed by atoms with Gasteiger partial charge in [0.1, 0.15) is 0 Å². The number of hydrogen-bond donors (Lipinski definition) is 1. The van der Waals surface area contributed by atoms with E-state index < -0.39 is 0 Å². The van der Waals surface area contributed by atoms with Gasteiger partial charge < -0.3 is 5.32 Å². The fourth-order valence-electron chi connectivity index (χ4n) is 1.94. The van der Waals surface area contributed by atoms with Crippen molar-refractivity contribution >= 4 is 11.8 Å². The van der Waals surface area contributed by atoms with Gasteiger partial charge in [0.25, 0.3) is 0 Å². The predicted molar refractivity (Wildman–Crippen MR) is 81.2 cm³/mol. The topological polar surface area (TPSA) is 29.9 Å². The third-order valence-electron chi connectivity index (χ3n) is 3.06. The molecule has 0 fully saturated rings. The molecular formula is C14H27N3S. The third kappa shape index (κ3) is 4.65. The first-order valence-electron chi connectivity index (χ1n) is 6.61. The third-order valence-corrected chi connectivity index (χ3v) is 4.10. The Hall–Kier alpha value is -0.480. The molecule has 0 aliphatic heterocycles.